The molecule has 4 atom stereocenters. The number of aromatic nitrogens is 3. The number of hydrogen-bond acceptors (Lipinski definition) is 6. The minimum atomic E-state index is -0.513. The maximum absolute atomic E-state index is 15.2. The van der Waals surface area contributed by atoms with Crippen LogP contribution in [0.2, 0.25) is 5.02 Å². The summed E-state index contributed by atoms with van der Waals surface area (Å²) in [6, 6.07) is 14.0. The summed E-state index contributed by atoms with van der Waals surface area (Å²) in [7, 11) is 0. The molecule has 9 nitrogen and oxygen atoms in total. The van der Waals surface area contributed by atoms with Crippen molar-refractivity contribution in [2.45, 2.75) is 89.9 Å². The first-order valence-electron chi connectivity index (χ1n) is 16.3. The van der Waals surface area contributed by atoms with Crippen molar-refractivity contribution in [3.8, 4) is 16.9 Å². The van der Waals surface area contributed by atoms with Gasteiger partial charge < -0.3 is 27.5 Å². The Morgan fingerprint density at radius 2 is 1.93 bits per heavy atom. The summed E-state index contributed by atoms with van der Waals surface area (Å²) >= 11 is 6.27. The molecule has 0 saturated carbocycles. The summed E-state index contributed by atoms with van der Waals surface area (Å²) in [4.78, 5) is 25.2. The molecule has 0 spiro atoms. The number of piperidine rings is 1. The van der Waals surface area contributed by atoms with Crippen LogP contribution in [0.4, 0.5) is 4.39 Å². The highest BCUT2D eigenvalue weighted by molar-refractivity contribution is 6.31. The Hall–Kier alpha value is -3.57. The van der Waals surface area contributed by atoms with Gasteiger partial charge in [-0.2, -0.15) is 4.98 Å². The number of nitrogens with zero attached hydrogens (tertiary/aromatic N) is 3. The molecule has 46 heavy (non-hydrogen) atoms. The molecule has 0 unspecified atom stereocenters. The van der Waals surface area contributed by atoms with E-state index in [1.165, 1.54) is 10.1 Å². The van der Waals surface area contributed by atoms with Crippen molar-refractivity contribution >= 4 is 28.5 Å². The number of H-pyrrole nitrogens is 1. The van der Waals surface area contributed by atoms with E-state index in [1.807, 2.05) is 19.1 Å². The van der Waals surface area contributed by atoms with Crippen LogP contribution >= 0.6 is 11.6 Å². The third-order valence-corrected chi connectivity index (χ3v) is 9.18. The predicted octanol–water partition coefficient (Wildman–Crippen LogP) is 5.76. The molecule has 246 valence electrons. The van der Waals surface area contributed by atoms with Gasteiger partial charge in [0.2, 0.25) is 0 Å². The van der Waals surface area contributed by atoms with Gasteiger partial charge >= 0.3 is 5.69 Å². The summed E-state index contributed by atoms with van der Waals surface area (Å²) in [6.45, 7) is 6.56. The van der Waals surface area contributed by atoms with E-state index in [9.17, 15) is 4.79 Å². The average Bonchev–Trinajstić information content (AvgIpc) is 3.44. The molecule has 1 aliphatic heterocycles. The zero-order valence-electron chi connectivity index (χ0n) is 26.9. The first-order chi connectivity index (χ1) is 22.0. The number of benzene rings is 2. The Balaban J connectivity index is 1.34. The molecule has 0 aliphatic carbocycles. The van der Waals surface area contributed by atoms with Crippen molar-refractivity contribution < 1.29 is 4.39 Å². The summed E-state index contributed by atoms with van der Waals surface area (Å²) in [5.41, 5.74) is 21.1. The van der Waals surface area contributed by atoms with Gasteiger partial charge in [-0.1, -0.05) is 44.0 Å². The monoisotopic (exact) mass is 648 g/mol. The van der Waals surface area contributed by atoms with E-state index in [4.69, 9.17) is 28.8 Å². The molecule has 11 heteroatoms. The van der Waals surface area contributed by atoms with Crippen LogP contribution in [0.1, 0.15) is 76.5 Å². The molecular formula is C35H46ClFN8O. The number of nitrogens with one attached hydrogen (secondary N) is 2. The van der Waals surface area contributed by atoms with E-state index in [2.05, 4.69) is 46.3 Å². The van der Waals surface area contributed by atoms with Crippen LogP contribution < -0.4 is 28.2 Å². The van der Waals surface area contributed by atoms with Gasteiger partial charge in [-0.05, 0) is 92.8 Å². The fraction of sp³-hybridized carbons (Fsp3) is 0.457. The third kappa shape index (κ3) is 8.04. The van der Waals surface area contributed by atoms with E-state index < -0.39 is 11.5 Å². The molecule has 8 N–H and O–H groups in total. The number of halogens is 2. The van der Waals surface area contributed by atoms with Crippen LogP contribution in [0.5, 0.6) is 0 Å². The smallest absolute Gasteiger partial charge is 0.354 e. The molecule has 0 bridgehead atoms. The van der Waals surface area contributed by atoms with Crippen LogP contribution in [0, 0.1) is 11.7 Å². The second-order valence-corrected chi connectivity index (χ2v) is 13.4. The number of aliphatic imine (C=N–C) groups is 1. The van der Waals surface area contributed by atoms with Crippen LogP contribution in [0.25, 0.3) is 28.0 Å². The summed E-state index contributed by atoms with van der Waals surface area (Å²) in [5, 5.41) is 4.56. The van der Waals surface area contributed by atoms with Crippen molar-refractivity contribution in [2.75, 3.05) is 6.54 Å². The number of aromatic amines is 1. The second-order valence-electron chi connectivity index (χ2n) is 13.0. The number of hydrogen-bond donors (Lipinski definition) is 5. The highest BCUT2D eigenvalue weighted by Gasteiger charge is 2.26. The lowest BCUT2D eigenvalue weighted by Gasteiger charge is -2.34. The van der Waals surface area contributed by atoms with Crippen molar-refractivity contribution in [3.63, 3.8) is 0 Å². The Bertz CT molecular complexity index is 1730. The van der Waals surface area contributed by atoms with Crippen molar-refractivity contribution in [2.24, 2.45) is 28.1 Å². The number of rotatable bonds is 12. The third-order valence-electron chi connectivity index (χ3n) is 8.90. The van der Waals surface area contributed by atoms with Gasteiger partial charge in [0.1, 0.15) is 11.5 Å². The number of nitrogens with two attached hydrogens (primary N) is 3. The quantitative estimate of drug-likeness (QED) is 0.0973. The molecule has 3 heterocycles. The Kier molecular flexibility index (Phi) is 10.9. The average molecular weight is 649 g/mol. The van der Waals surface area contributed by atoms with Crippen LogP contribution in [-0.2, 0) is 6.42 Å². The predicted molar refractivity (Wildman–Crippen MR) is 186 cm³/mol. The van der Waals surface area contributed by atoms with E-state index in [1.54, 1.807) is 24.4 Å². The zero-order valence-corrected chi connectivity index (χ0v) is 27.7. The second kappa shape index (κ2) is 14.9. The molecule has 1 aliphatic rings. The molecule has 1 saturated heterocycles. The molecule has 2 aromatic heterocycles. The lowest BCUT2D eigenvalue weighted by Crippen LogP contribution is -2.40. The van der Waals surface area contributed by atoms with Gasteiger partial charge in [0.05, 0.1) is 29.0 Å². The highest BCUT2D eigenvalue weighted by Crippen LogP contribution is 2.32. The van der Waals surface area contributed by atoms with Gasteiger partial charge in [-0.3, -0.25) is 9.56 Å². The topological polar surface area (TPSA) is 153 Å². The van der Waals surface area contributed by atoms with Gasteiger partial charge in [0, 0.05) is 35.3 Å². The molecule has 1 fully saturated rings. The molecule has 2 aromatic carbocycles. The Morgan fingerprint density at radius 1 is 1.17 bits per heavy atom. The van der Waals surface area contributed by atoms with Crippen LogP contribution in [-0.4, -0.2) is 45.0 Å². The number of fused-ring (bicyclic) bond motifs is 1. The lowest BCUT2D eigenvalue weighted by atomic mass is 9.88. The van der Waals surface area contributed by atoms with Crippen LogP contribution in [0.15, 0.2) is 58.4 Å². The fourth-order valence-corrected chi connectivity index (χ4v) is 6.55. The molecule has 0 radical (unpaired) electrons. The molecule has 0 amide bonds. The zero-order chi connectivity index (χ0) is 33.0. The van der Waals surface area contributed by atoms with Crippen molar-refractivity contribution in [1.82, 2.24) is 19.9 Å². The van der Waals surface area contributed by atoms with Crippen molar-refractivity contribution in [1.29, 1.82) is 0 Å². The lowest BCUT2D eigenvalue weighted by molar-refractivity contribution is 0.283. The fourth-order valence-electron chi connectivity index (χ4n) is 6.30. The highest BCUT2D eigenvalue weighted by atomic mass is 35.5. The SMILES string of the molecule is CC(C)[C@H](C[C@@H]1CCC[C@@H](c2ccc(-n3cc4cc(-c5cc(CCC[C@H](C)N)cc(Cl)c5F)[nH]c4nc3=O)cc2)N1)N=C(N)CN. The van der Waals surface area contributed by atoms with E-state index in [0.717, 1.165) is 50.5 Å². The Morgan fingerprint density at radius 3 is 2.63 bits per heavy atom. The van der Waals surface area contributed by atoms with E-state index in [0.29, 0.717) is 45.8 Å². The maximum atomic E-state index is 15.2. The van der Waals surface area contributed by atoms with Crippen molar-refractivity contribution in [3.05, 3.63) is 81.1 Å². The summed E-state index contributed by atoms with van der Waals surface area (Å²) < 4.78 is 16.7. The first kappa shape index (κ1) is 33.8. The maximum Gasteiger partial charge on any atom is 0.354 e. The van der Waals surface area contributed by atoms with Gasteiger partial charge in [0.15, 0.2) is 5.82 Å². The summed E-state index contributed by atoms with van der Waals surface area (Å²) in [5.74, 6) is 0.347. The number of amidine groups is 1. The number of aryl methyl sites for hydroxylation is 1. The van der Waals surface area contributed by atoms with Crippen LogP contribution in [0.3, 0.4) is 0 Å². The molecule has 5 rings (SSSR count). The first-order valence-corrected chi connectivity index (χ1v) is 16.6. The normalized spacial score (nSPS) is 18.7. The Labute approximate surface area is 274 Å². The van der Waals surface area contributed by atoms with E-state index >= 15 is 4.39 Å². The summed E-state index contributed by atoms with van der Waals surface area (Å²) in [6.07, 6.45) is 8.35. The van der Waals surface area contributed by atoms with E-state index in [-0.39, 0.29) is 29.7 Å². The standard InChI is InChI=1S/C35H46ClFN8O/c1-20(2)30(42-32(40)18-38)17-25-8-5-9-29(41-25)23-10-12-26(13-11-23)45-19-24-16-31(43-34(24)44-35(45)46)27-14-22(7-4-6-21(3)39)15-28(36)33(27)37/h10-16,19-21,25,29-30,41H,4-9,17-18,38-39H2,1-3H3,(H2,40,42)(H,43,44,46)/t21-,25-,29-,30-/m0/s1. The molecule has 4 aromatic rings. The van der Waals surface area contributed by atoms with Gasteiger partial charge in [0.25, 0.3) is 0 Å². The minimum Gasteiger partial charge on any atom is -0.386 e. The minimum absolute atomic E-state index is 0.0582. The van der Waals surface area contributed by atoms with Gasteiger partial charge in [-0.15, -0.1) is 0 Å². The molecular weight excluding hydrogens is 603 g/mol. The van der Waals surface area contributed by atoms with Gasteiger partial charge in [-0.25, -0.2) is 9.18 Å². The largest absolute Gasteiger partial charge is 0.386 e.